The van der Waals surface area contributed by atoms with Gasteiger partial charge in [-0.2, -0.15) is 0 Å². The molecule has 3 aliphatic carbocycles. The first-order valence-corrected chi connectivity index (χ1v) is 15.7. The summed E-state index contributed by atoms with van der Waals surface area (Å²) in [7, 11) is 0. The third kappa shape index (κ3) is 7.04. The largest absolute Gasteiger partial charge is 0.479 e. The van der Waals surface area contributed by atoms with Crippen molar-refractivity contribution in [3.8, 4) is 0 Å². The van der Waals surface area contributed by atoms with Gasteiger partial charge in [0.2, 0.25) is 0 Å². The molecular weight excluding hydrogens is 540 g/mol. The Morgan fingerprint density at radius 1 is 1.00 bits per heavy atom. The van der Waals surface area contributed by atoms with Gasteiger partial charge >= 0.3 is 5.97 Å². The van der Waals surface area contributed by atoms with Crippen LogP contribution < -0.4 is 0 Å². The highest BCUT2D eigenvalue weighted by atomic mass is 16.7. The molecule has 6 N–H and O–H groups in total. The number of allylic oxidation sites excluding steroid dienone is 4. The summed E-state index contributed by atoms with van der Waals surface area (Å²) in [6, 6.07) is 0. The third-order valence-electron chi connectivity index (χ3n) is 10.8. The summed E-state index contributed by atoms with van der Waals surface area (Å²) >= 11 is 0. The fraction of sp³-hybridized carbons (Fsp3) is 0.788. The van der Waals surface area contributed by atoms with E-state index in [1.165, 1.54) is 12.0 Å². The average Bonchev–Trinajstić information content (AvgIpc) is 3.27. The Balaban J connectivity index is 1.40. The zero-order valence-corrected chi connectivity index (χ0v) is 25.7. The molecule has 4 aliphatic rings. The second-order valence-electron chi connectivity index (χ2n) is 14.1. The number of ether oxygens (including phenoxy) is 2. The van der Waals surface area contributed by atoms with Crippen molar-refractivity contribution < 1.29 is 44.9 Å². The van der Waals surface area contributed by atoms with Gasteiger partial charge in [-0.25, -0.2) is 4.79 Å². The van der Waals surface area contributed by atoms with Crippen LogP contribution in [0.5, 0.6) is 0 Å². The molecule has 0 amide bonds. The van der Waals surface area contributed by atoms with Crippen molar-refractivity contribution in [2.75, 3.05) is 0 Å². The summed E-state index contributed by atoms with van der Waals surface area (Å²) in [6.07, 6.45) is 7.19. The van der Waals surface area contributed by atoms with Gasteiger partial charge in [-0.05, 0) is 88.4 Å². The number of hydrogen-bond acceptors (Lipinski definition) is 8. The summed E-state index contributed by atoms with van der Waals surface area (Å²) in [6.45, 7) is 10.4. The maximum absolute atomic E-state index is 11.5. The van der Waals surface area contributed by atoms with Crippen molar-refractivity contribution >= 4 is 5.97 Å². The summed E-state index contributed by atoms with van der Waals surface area (Å²) in [5.74, 6) is -0.198. The predicted molar refractivity (Wildman–Crippen MR) is 157 cm³/mol. The summed E-state index contributed by atoms with van der Waals surface area (Å²) in [4.78, 5) is 11.5. The molecule has 0 aromatic heterocycles. The highest BCUT2D eigenvalue weighted by Gasteiger charge is 2.51. The summed E-state index contributed by atoms with van der Waals surface area (Å²) in [5.41, 5.74) is 1.95. The van der Waals surface area contributed by atoms with E-state index in [-0.39, 0.29) is 11.3 Å². The van der Waals surface area contributed by atoms with E-state index in [4.69, 9.17) is 9.47 Å². The van der Waals surface area contributed by atoms with Crippen LogP contribution in [-0.2, 0) is 14.3 Å². The zero-order valence-electron chi connectivity index (χ0n) is 25.7. The van der Waals surface area contributed by atoms with Gasteiger partial charge in [0, 0.05) is 5.92 Å². The van der Waals surface area contributed by atoms with Crippen molar-refractivity contribution in [3.05, 3.63) is 35.5 Å². The number of carbonyl (C=O) groups is 1. The fourth-order valence-electron chi connectivity index (χ4n) is 7.94. The van der Waals surface area contributed by atoms with Crippen LogP contribution in [0.1, 0.15) is 86.0 Å². The summed E-state index contributed by atoms with van der Waals surface area (Å²) in [5, 5.41) is 60.0. The maximum atomic E-state index is 11.5. The number of aliphatic hydroxyl groups excluding tert-OH is 5. The minimum absolute atomic E-state index is 0.123. The molecule has 1 aliphatic heterocycles. The maximum Gasteiger partial charge on any atom is 0.335 e. The van der Waals surface area contributed by atoms with Gasteiger partial charge in [0.05, 0.1) is 17.8 Å². The predicted octanol–water partition coefficient (Wildman–Crippen LogP) is 3.48. The van der Waals surface area contributed by atoms with Crippen LogP contribution in [0.25, 0.3) is 0 Å². The van der Waals surface area contributed by atoms with E-state index >= 15 is 0 Å². The molecule has 42 heavy (non-hydrogen) atoms. The van der Waals surface area contributed by atoms with E-state index in [1.54, 1.807) is 0 Å². The summed E-state index contributed by atoms with van der Waals surface area (Å²) < 4.78 is 11.4. The van der Waals surface area contributed by atoms with Crippen LogP contribution in [0.4, 0.5) is 0 Å². The van der Waals surface area contributed by atoms with Crippen molar-refractivity contribution in [1.29, 1.82) is 0 Å². The van der Waals surface area contributed by atoms with Gasteiger partial charge in [-0.15, -0.1) is 0 Å². The second kappa shape index (κ2) is 13.2. The molecule has 0 aromatic rings. The third-order valence-corrected chi connectivity index (χ3v) is 10.8. The molecule has 3 saturated carbocycles. The molecular formula is C33H52O9. The monoisotopic (exact) mass is 592 g/mol. The Hall–Kier alpha value is -1.59. The topological polar surface area (TPSA) is 157 Å². The Labute approximate surface area is 249 Å². The number of rotatable bonds is 8. The van der Waals surface area contributed by atoms with Crippen LogP contribution >= 0.6 is 0 Å². The number of carboxylic acid groups (broad SMARTS) is 1. The van der Waals surface area contributed by atoms with Crippen LogP contribution in [0.3, 0.4) is 0 Å². The van der Waals surface area contributed by atoms with Crippen LogP contribution in [0.2, 0.25) is 0 Å². The number of aliphatic hydroxyl groups is 5. The first-order valence-electron chi connectivity index (χ1n) is 15.7. The first kappa shape index (κ1) is 33.3. The molecule has 9 heteroatoms. The van der Waals surface area contributed by atoms with E-state index < -0.39 is 54.5 Å². The first-order chi connectivity index (χ1) is 19.6. The zero-order chi connectivity index (χ0) is 31.0. The lowest BCUT2D eigenvalue weighted by Gasteiger charge is -2.44. The molecule has 1 heterocycles. The lowest BCUT2D eigenvalue weighted by atomic mass is 9.61. The molecule has 1 saturated heterocycles. The highest BCUT2D eigenvalue weighted by Crippen LogP contribution is 2.59. The molecule has 0 radical (unpaired) electrons. The van der Waals surface area contributed by atoms with E-state index in [0.29, 0.717) is 37.0 Å². The van der Waals surface area contributed by atoms with Gasteiger partial charge in [-0.1, -0.05) is 56.2 Å². The quantitative estimate of drug-likeness (QED) is 0.232. The van der Waals surface area contributed by atoms with Crippen molar-refractivity contribution in [2.45, 2.75) is 135 Å². The molecule has 3 unspecified atom stereocenters. The molecule has 12 atom stereocenters. The Kier molecular flexibility index (Phi) is 10.5. The van der Waals surface area contributed by atoms with Crippen LogP contribution in [0, 0.1) is 29.1 Å². The smallest absolute Gasteiger partial charge is 0.335 e. The van der Waals surface area contributed by atoms with E-state index in [2.05, 4.69) is 38.2 Å². The highest BCUT2D eigenvalue weighted by molar-refractivity contribution is 5.73. The molecule has 238 valence electrons. The van der Waals surface area contributed by atoms with Gasteiger partial charge in [0.25, 0.3) is 0 Å². The molecule has 9 nitrogen and oxygen atoms in total. The molecule has 0 bridgehead atoms. The Morgan fingerprint density at radius 2 is 1.67 bits per heavy atom. The average molecular weight is 593 g/mol. The molecule has 0 aromatic carbocycles. The SMILES string of the molecule is C[C@@H](/C=C/[C@H](C)C(C)(C)O[C@@H]1OC(C(=O)O)[C@@H](O)C(O)C1O)[C@H]1CC[C@@H]2/C(=C/C=C3C[C@@H](O)C[C@@H](O)C3)CCC[C@@]21C. The van der Waals surface area contributed by atoms with Gasteiger partial charge in [0.15, 0.2) is 12.4 Å². The van der Waals surface area contributed by atoms with Gasteiger partial charge in [-0.3, -0.25) is 0 Å². The van der Waals surface area contributed by atoms with Gasteiger partial charge < -0.3 is 40.1 Å². The minimum Gasteiger partial charge on any atom is -0.479 e. The number of fused-ring (bicyclic) bond motifs is 1. The van der Waals surface area contributed by atoms with Crippen molar-refractivity contribution in [2.24, 2.45) is 29.1 Å². The molecule has 0 spiro atoms. The minimum atomic E-state index is -1.75. The molecule has 4 fully saturated rings. The molecule has 4 rings (SSSR count). The normalized spacial score (nSPS) is 43.0. The van der Waals surface area contributed by atoms with E-state index in [1.807, 2.05) is 20.8 Å². The standard InChI is InChI=1S/C33H52O9/c1-18(8-9-19(2)32(3,4)42-31-28(38)26(36)27(37)29(41-31)30(39)40)24-12-13-25-21(7-6-14-33(24,25)5)11-10-20-15-22(34)17-23(35)16-20/h8-11,18-19,22-29,31,34-38H,6-7,12-17H2,1-5H3,(H,39,40)/b9-8+,20-10?,21-11+/t18-,19-,22-,23+,24+,25+,26?,27-,28?,29?,31-,33+/m0/s1. The van der Waals surface area contributed by atoms with Crippen LogP contribution in [-0.4, -0.2) is 85.1 Å². The van der Waals surface area contributed by atoms with Crippen LogP contribution in [0.15, 0.2) is 35.5 Å². The second-order valence-corrected chi connectivity index (χ2v) is 14.1. The lowest BCUT2D eigenvalue weighted by Crippen LogP contribution is -2.61. The number of carboxylic acids is 1. The number of aliphatic carboxylic acids is 1. The van der Waals surface area contributed by atoms with Crippen molar-refractivity contribution in [1.82, 2.24) is 0 Å². The lowest BCUT2D eigenvalue weighted by molar-refractivity contribution is -0.319. The fourth-order valence-corrected chi connectivity index (χ4v) is 7.94. The Morgan fingerprint density at radius 3 is 2.31 bits per heavy atom. The van der Waals surface area contributed by atoms with E-state index in [9.17, 15) is 35.4 Å². The van der Waals surface area contributed by atoms with Gasteiger partial charge in [0.1, 0.15) is 18.3 Å². The Bertz CT molecular complexity index is 1040. The number of hydrogen-bond donors (Lipinski definition) is 6. The van der Waals surface area contributed by atoms with E-state index in [0.717, 1.165) is 31.3 Å². The van der Waals surface area contributed by atoms with Crippen molar-refractivity contribution in [3.63, 3.8) is 0 Å².